The molecule has 5 rings (SSSR count). The molecule has 2 aromatic carbocycles. The summed E-state index contributed by atoms with van der Waals surface area (Å²) < 4.78 is 4.72. The summed E-state index contributed by atoms with van der Waals surface area (Å²) in [7, 11) is 0. The summed E-state index contributed by atoms with van der Waals surface area (Å²) in [5.41, 5.74) is 1.20. The van der Waals surface area contributed by atoms with E-state index in [2.05, 4.69) is 17.6 Å². The molecule has 0 aromatic heterocycles. The molecule has 41 heavy (non-hydrogen) atoms. The normalized spacial score (nSPS) is 29.0. The molecule has 3 aliphatic rings. The highest BCUT2D eigenvalue weighted by Crippen LogP contribution is 2.69. The molecular formula is C31H38ClN3O5S. The summed E-state index contributed by atoms with van der Waals surface area (Å²) in [6, 6.07) is 12.7. The highest BCUT2D eigenvalue weighted by Gasteiger charge is 2.76. The molecule has 7 atom stereocenters. The highest BCUT2D eigenvalue weighted by atomic mass is 35.5. The molecule has 0 saturated carbocycles. The second-order valence-corrected chi connectivity index (χ2v) is 13.7. The van der Waals surface area contributed by atoms with Gasteiger partial charge >= 0.3 is 0 Å². The number of likely N-dealkylation sites (tertiary alicyclic amines) is 1. The largest absolute Gasteiger partial charge is 0.494 e. The predicted molar refractivity (Wildman–Crippen MR) is 162 cm³/mol. The fraction of sp³-hybridized carbons (Fsp3) is 0.516. The van der Waals surface area contributed by atoms with Gasteiger partial charge in [-0.15, -0.1) is 11.8 Å². The topological polar surface area (TPSA) is 108 Å². The zero-order valence-electron chi connectivity index (χ0n) is 23.8. The van der Waals surface area contributed by atoms with Crippen molar-refractivity contribution in [1.82, 2.24) is 4.90 Å². The van der Waals surface area contributed by atoms with Crippen LogP contribution in [-0.4, -0.2) is 63.0 Å². The molecule has 3 aliphatic heterocycles. The number of benzene rings is 2. The van der Waals surface area contributed by atoms with Gasteiger partial charge in [0, 0.05) is 21.6 Å². The van der Waals surface area contributed by atoms with E-state index >= 15 is 0 Å². The van der Waals surface area contributed by atoms with Gasteiger partial charge < -0.3 is 25.4 Å². The van der Waals surface area contributed by atoms with Crippen molar-refractivity contribution in [2.75, 3.05) is 23.8 Å². The minimum Gasteiger partial charge on any atom is -0.494 e. The number of halogens is 1. The van der Waals surface area contributed by atoms with E-state index in [0.717, 1.165) is 6.42 Å². The van der Waals surface area contributed by atoms with Crippen LogP contribution in [0.25, 0.3) is 0 Å². The zero-order chi connectivity index (χ0) is 29.5. The first-order valence-electron chi connectivity index (χ1n) is 14.3. The minimum atomic E-state index is -0.833. The summed E-state index contributed by atoms with van der Waals surface area (Å²) in [6.07, 6.45) is 1.27. The molecule has 8 nitrogen and oxygen atoms in total. The van der Waals surface area contributed by atoms with E-state index in [4.69, 9.17) is 16.3 Å². The Morgan fingerprint density at radius 2 is 1.71 bits per heavy atom. The van der Waals surface area contributed by atoms with E-state index < -0.39 is 28.7 Å². The van der Waals surface area contributed by atoms with Crippen LogP contribution in [0.15, 0.2) is 48.5 Å². The number of anilines is 2. The number of amides is 3. The van der Waals surface area contributed by atoms with Gasteiger partial charge in [-0.05, 0) is 80.1 Å². The first-order chi connectivity index (χ1) is 19.6. The number of fused-ring (bicyclic) bond motifs is 1. The lowest BCUT2D eigenvalue weighted by atomic mass is 9.66. The quantitative estimate of drug-likeness (QED) is 0.352. The molecular weight excluding hydrogens is 562 g/mol. The lowest BCUT2D eigenvalue weighted by molar-refractivity contribution is -0.141. The molecule has 3 saturated heterocycles. The molecule has 3 fully saturated rings. The number of carbonyl (C=O) groups excluding carboxylic acids is 3. The van der Waals surface area contributed by atoms with Gasteiger partial charge in [-0.2, -0.15) is 0 Å². The van der Waals surface area contributed by atoms with Crippen molar-refractivity contribution in [2.24, 2.45) is 23.7 Å². The van der Waals surface area contributed by atoms with Gasteiger partial charge in [-0.25, -0.2) is 0 Å². The van der Waals surface area contributed by atoms with Gasteiger partial charge in [0.25, 0.3) is 0 Å². The van der Waals surface area contributed by atoms with Crippen LogP contribution in [0.5, 0.6) is 5.75 Å². The fourth-order valence-corrected chi connectivity index (χ4v) is 9.58. The average Bonchev–Trinajstić information content (AvgIpc) is 3.53. The Bertz CT molecular complexity index is 1290. The summed E-state index contributed by atoms with van der Waals surface area (Å²) in [5, 5.41) is 17.0. The Morgan fingerprint density at radius 1 is 1.10 bits per heavy atom. The van der Waals surface area contributed by atoms with Crippen LogP contribution < -0.4 is 15.4 Å². The molecule has 2 aromatic rings. The maximum Gasteiger partial charge on any atom is 0.248 e. The number of nitrogens with zero attached hydrogens (tertiary/aromatic N) is 1. The van der Waals surface area contributed by atoms with Gasteiger partial charge in [-0.3, -0.25) is 14.4 Å². The van der Waals surface area contributed by atoms with Crippen molar-refractivity contribution in [3.05, 3.63) is 53.6 Å². The van der Waals surface area contributed by atoms with E-state index in [-0.39, 0.29) is 41.4 Å². The van der Waals surface area contributed by atoms with Crippen molar-refractivity contribution in [2.45, 2.75) is 62.6 Å². The second kappa shape index (κ2) is 11.9. The van der Waals surface area contributed by atoms with Crippen LogP contribution in [0.1, 0.15) is 40.5 Å². The Kier molecular flexibility index (Phi) is 8.60. The van der Waals surface area contributed by atoms with Gasteiger partial charge in [0.15, 0.2) is 0 Å². The van der Waals surface area contributed by atoms with Gasteiger partial charge in [0.2, 0.25) is 17.7 Å². The van der Waals surface area contributed by atoms with Crippen LogP contribution >= 0.6 is 23.4 Å². The molecule has 1 spiro atoms. The number of rotatable bonds is 10. The summed E-state index contributed by atoms with van der Waals surface area (Å²) in [4.78, 5) is 44.0. The van der Waals surface area contributed by atoms with E-state index in [1.54, 1.807) is 65.2 Å². The van der Waals surface area contributed by atoms with Gasteiger partial charge in [-0.1, -0.05) is 32.4 Å². The third-order valence-electron chi connectivity index (χ3n) is 8.63. The van der Waals surface area contributed by atoms with Crippen molar-refractivity contribution >= 4 is 52.5 Å². The number of carbonyl (C=O) groups is 3. The maximum atomic E-state index is 14.4. The van der Waals surface area contributed by atoms with E-state index in [1.165, 1.54) is 0 Å². The van der Waals surface area contributed by atoms with Crippen LogP contribution in [-0.2, 0) is 14.4 Å². The molecule has 0 radical (unpaired) electrons. The Morgan fingerprint density at radius 3 is 2.29 bits per heavy atom. The first kappa shape index (κ1) is 29.7. The van der Waals surface area contributed by atoms with Crippen LogP contribution in [0, 0.1) is 23.7 Å². The number of thioether (sulfide) groups is 1. The predicted octanol–water partition coefficient (Wildman–Crippen LogP) is 5.06. The lowest BCUT2D eigenvalue weighted by Crippen LogP contribution is -2.57. The summed E-state index contributed by atoms with van der Waals surface area (Å²) in [5.74, 6) is -1.10. The van der Waals surface area contributed by atoms with E-state index in [9.17, 15) is 19.5 Å². The Balaban J connectivity index is 1.49. The van der Waals surface area contributed by atoms with E-state index in [0.29, 0.717) is 35.2 Å². The van der Waals surface area contributed by atoms with Crippen LogP contribution in [0.4, 0.5) is 11.4 Å². The van der Waals surface area contributed by atoms with Crippen molar-refractivity contribution in [3.63, 3.8) is 0 Å². The third-order valence-corrected chi connectivity index (χ3v) is 11.0. The number of hydrogen-bond donors (Lipinski definition) is 3. The zero-order valence-corrected chi connectivity index (χ0v) is 25.4. The first-order valence-corrected chi connectivity index (χ1v) is 15.6. The molecule has 3 heterocycles. The molecule has 2 bridgehead atoms. The smallest absolute Gasteiger partial charge is 0.248 e. The van der Waals surface area contributed by atoms with Gasteiger partial charge in [0.1, 0.15) is 11.8 Å². The molecule has 3 N–H and O–H groups in total. The number of hydrogen-bond acceptors (Lipinski definition) is 6. The molecule has 3 unspecified atom stereocenters. The van der Waals surface area contributed by atoms with E-state index in [1.807, 2.05) is 20.8 Å². The van der Waals surface area contributed by atoms with Crippen molar-refractivity contribution in [1.29, 1.82) is 0 Å². The number of aliphatic hydroxyl groups excluding tert-OH is 1. The molecule has 220 valence electrons. The number of ether oxygens (including phenoxy) is 1. The SMILES string of the molecule is CCOc1ccc(NC(=O)[C@@H]2[C@@H]3CC(C)C4(S3)C(C(=O)Nc3ccc(Cl)cc3)N([C@@H](CO)CC(C)C)C(=O)[C@H]24)cc1. The monoisotopic (exact) mass is 599 g/mol. The van der Waals surface area contributed by atoms with Crippen molar-refractivity contribution in [3.8, 4) is 5.75 Å². The average molecular weight is 600 g/mol. The van der Waals surface area contributed by atoms with Crippen molar-refractivity contribution < 1.29 is 24.2 Å². The number of nitrogens with one attached hydrogen (secondary N) is 2. The third kappa shape index (κ3) is 5.32. The minimum absolute atomic E-state index is 0.0188. The molecule has 0 aliphatic carbocycles. The van der Waals surface area contributed by atoms with Gasteiger partial charge in [0.05, 0.1) is 35.8 Å². The van der Waals surface area contributed by atoms with Crippen LogP contribution in [0.3, 0.4) is 0 Å². The summed E-state index contributed by atoms with van der Waals surface area (Å²) >= 11 is 7.66. The highest BCUT2D eigenvalue weighted by molar-refractivity contribution is 8.02. The standard InChI is InChI=1S/C31H38ClN3O5S/c1-5-40-23-12-10-21(11-13-23)33-28(37)25-24-15-18(4)31(41-24)26(25)30(39)35(22(16-36)14-17(2)3)27(31)29(38)34-20-8-6-19(32)7-9-20/h6-13,17-18,22,24-27,36H,5,14-16H2,1-4H3,(H,33,37)(H,34,38)/t18?,22-,24+,25-,26+,27?,31?/m1/s1. The fourth-order valence-electron chi connectivity index (χ4n) is 7.04. The maximum absolute atomic E-state index is 14.4. The summed E-state index contributed by atoms with van der Waals surface area (Å²) in [6.45, 7) is 8.33. The lowest BCUT2D eigenvalue weighted by Gasteiger charge is -2.40. The Hall–Kier alpha value is -2.75. The Labute approximate surface area is 250 Å². The van der Waals surface area contributed by atoms with Crippen LogP contribution in [0.2, 0.25) is 5.02 Å². The molecule has 10 heteroatoms. The number of aliphatic hydroxyl groups is 1. The second-order valence-electron chi connectivity index (χ2n) is 11.7. The molecule has 3 amide bonds.